The maximum atomic E-state index is 12.7. The number of benzene rings is 2. The van der Waals surface area contributed by atoms with Crippen LogP contribution in [0.25, 0.3) is 0 Å². The van der Waals surface area contributed by atoms with Gasteiger partial charge >= 0.3 is 6.03 Å². The average molecular weight is 400 g/mol. The Labute approximate surface area is 171 Å². The Morgan fingerprint density at radius 1 is 0.966 bits per heavy atom. The van der Waals surface area contributed by atoms with Gasteiger partial charge in [0.25, 0.3) is 5.91 Å². The molecule has 0 heterocycles. The molecular formula is C22H30N3O4+. The molecule has 0 fully saturated rings. The highest BCUT2D eigenvalue weighted by molar-refractivity contribution is 5.96. The molecule has 2 aromatic carbocycles. The van der Waals surface area contributed by atoms with Crippen LogP contribution >= 0.6 is 0 Å². The maximum Gasteiger partial charge on any atom is 0.321 e. The standard InChI is InChI=1S/C22H29N3O4/c1-5-28-18-13-12-17(14-19(18)29-6-2)15(3)24-20(16-10-8-7-9-11-16)21(26)25-22(27)23-4/h7-15,20,24H,5-6H2,1-4H3,(H2,23,25,26,27)/p+1/t15-,20-/m1/s1. The lowest BCUT2D eigenvalue weighted by atomic mass is 10.0. The van der Waals surface area contributed by atoms with Crippen LogP contribution in [0.15, 0.2) is 48.5 Å². The molecular weight excluding hydrogens is 370 g/mol. The number of imide groups is 1. The number of rotatable bonds is 9. The average Bonchev–Trinajstić information content (AvgIpc) is 2.73. The second-order valence-electron chi connectivity index (χ2n) is 6.51. The summed E-state index contributed by atoms with van der Waals surface area (Å²) in [5, 5.41) is 6.72. The number of ether oxygens (including phenoxy) is 2. The van der Waals surface area contributed by atoms with Crippen molar-refractivity contribution < 1.29 is 24.4 Å². The number of hydrogen-bond donors (Lipinski definition) is 3. The summed E-state index contributed by atoms with van der Waals surface area (Å²) in [6.45, 7) is 6.94. The predicted molar refractivity (Wildman–Crippen MR) is 111 cm³/mol. The number of nitrogens with one attached hydrogen (secondary N) is 2. The molecule has 0 aliphatic heterocycles. The summed E-state index contributed by atoms with van der Waals surface area (Å²) in [5.41, 5.74) is 1.81. The first-order valence-electron chi connectivity index (χ1n) is 9.82. The van der Waals surface area contributed by atoms with Crippen LogP contribution in [-0.2, 0) is 4.79 Å². The normalized spacial score (nSPS) is 12.6. The third-order valence-electron chi connectivity index (χ3n) is 4.48. The van der Waals surface area contributed by atoms with Crippen molar-refractivity contribution in [3.63, 3.8) is 0 Å². The Balaban J connectivity index is 2.27. The number of carbonyl (C=O) groups excluding carboxylic acids is 2. The highest BCUT2D eigenvalue weighted by Gasteiger charge is 2.28. The van der Waals surface area contributed by atoms with E-state index in [1.54, 1.807) is 0 Å². The smallest absolute Gasteiger partial charge is 0.321 e. The predicted octanol–water partition coefficient (Wildman–Crippen LogP) is 2.31. The number of nitrogens with two attached hydrogens (primary N) is 1. The van der Waals surface area contributed by atoms with E-state index < -0.39 is 12.1 Å². The fourth-order valence-electron chi connectivity index (χ4n) is 3.01. The minimum Gasteiger partial charge on any atom is -0.490 e. The van der Waals surface area contributed by atoms with Gasteiger partial charge in [0.05, 0.1) is 13.2 Å². The van der Waals surface area contributed by atoms with E-state index in [4.69, 9.17) is 9.47 Å². The lowest BCUT2D eigenvalue weighted by Gasteiger charge is -2.21. The van der Waals surface area contributed by atoms with Gasteiger partial charge in [-0.05, 0) is 39.0 Å². The Hall–Kier alpha value is -3.06. The zero-order chi connectivity index (χ0) is 21.2. The first-order chi connectivity index (χ1) is 14.0. The van der Waals surface area contributed by atoms with Crippen molar-refractivity contribution in [2.75, 3.05) is 20.3 Å². The Kier molecular flexibility index (Phi) is 8.48. The molecule has 0 radical (unpaired) electrons. The lowest BCUT2D eigenvalue weighted by molar-refractivity contribution is -0.719. The summed E-state index contributed by atoms with van der Waals surface area (Å²) >= 11 is 0. The van der Waals surface area contributed by atoms with Gasteiger partial charge in [0.2, 0.25) is 0 Å². The van der Waals surface area contributed by atoms with Crippen LogP contribution in [0, 0.1) is 0 Å². The van der Waals surface area contributed by atoms with E-state index in [1.165, 1.54) is 7.05 Å². The maximum absolute atomic E-state index is 12.7. The van der Waals surface area contributed by atoms with Crippen LogP contribution in [-0.4, -0.2) is 32.2 Å². The number of quaternary nitrogens is 1. The molecule has 2 atom stereocenters. The first-order valence-corrected chi connectivity index (χ1v) is 9.82. The van der Waals surface area contributed by atoms with Gasteiger partial charge in [-0.3, -0.25) is 10.1 Å². The van der Waals surface area contributed by atoms with Crippen molar-refractivity contribution in [3.05, 3.63) is 59.7 Å². The van der Waals surface area contributed by atoms with Gasteiger partial charge in [0, 0.05) is 18.2 Å². The first kappa shape index (κ1) is 22.2. The number of carbonyl (C=O) groups is 2. The van der Waals surface area contributed by atoms with E-state index >= 15 is 0 Å². The van der Waals surface area contributed by atoms with Crippen molar-refractivity contribution in [2.45, 2.75) is 32.9 Å². The highest BCUT2D eigenvalue weighted by Crippen LogP contribution is 2.30. The molecule has 0 aliphatic carbocycles. The molecule has 7 nitrogen and oxygen atoms in total. The molecule has 7 heteroatoms. The third kappa shape index (κ3) is 6.22. The summed E-state index contributed by atoms with van der Waals surface area (Å²) in [4.78, 5) is 24.4. The topological polar surface area (TPSA) is 93.3 Å². The molecule has 4 N–H and O–H groups in total. The zero-order valence-corrected chi connectivity index (χ0v) is 17.4. The van der Waals surface area contributed by atoms with Crippen LogP contribution in [0.1, 0.15) is 44.0 Å². The second-order valence-corrected chi connectivity index (χ2v) is 6.51. The van der Waals surface area contributed by atoms with Crippen LogP contribution in [0.4, 0.5) is 4.79 Å². The zero-order valence-electron chi connectivity index (χ0n) is 17.4. The van der Waals surface area contributed by atoms with E-state index in [9.17, 15) is 9.59 Å². The molecule has 0 spiro atoms. The summed E-state index contributed by atoms with van der Waals surface area (Å²) in [7, 11) is 1.47. The molecule has 0 aliphatic rings. The Morgan fingerprint density at radius 3 is 2.24 bits per heavy atom. The van der Waals surface area contributed by atoms with Crippen molar-refractivity contribution >= 4 is 11.9 Å². The SMILES string of the molecule is CCOc1ccc([C@@H](C)[NH2+][C@@H](C(=O)NC(=O)NC)c2ccccc2)cc1OCC. The minimum atomic E-state index is -0.578. The van der Waals surface area contributed by atoms with Gasteiger partial charge in [-0.25, -0.2) is 4.79 Å². The Bertz CT molecular complexity index is 811. The third-order valence-corrected chi connectivity index (χ3v) is 4.48. The van der Waals surface area contributed by atoms with Gasteiger partial charge in [0.1, 0.15) is 6.04 Å². The van der Waals surface area contributed by atoms with Gasteiger partial charge in [-0.1, -0.05) is 30.3 Å². The lowest BCUT2D eigenvalue weighted by Crippen LogP contribution is -2.88. The quantitative estimate of drug-likeness (QED) is 0.602. The highest BCUT2D eigenvalue weighted by atomic mass is 16.5. The van der Waals surface area contributed by atoms with Crippen LogP contribution in [0.2, 0.25) is 0 Å². The monoisotopic (exact) mass is 400 g/mol. The molecule has 2 aromatic rings. The number of amides is 3. The minimum absolute atomic E-state index is 0.0643. The molecule has 0 saturated heterocycles. The summed E-state index contributed by atoms with van der Waals surface area (Å²) in [6, 6.07) is 14.0. The van der Waals surface area contributed by atoms with E-state index in [1.807, 2.05) is 74.6 Å². The number of hydrogen-bond acceptors (Lipinski definition) is 4. The fourth-order valence-corrected chi connectivity index (χ4v) is 3.01. The summed E-state index contributed by atoms with van der Waals surface area (Å²) < 4.78 is 11.3. The second kappa shape index (κ2) is 11.1. The Morgan fingerprint density at radius 2 is 1.62 bits per heavy atom. The van der Waals surface area contributed by atoms with Gasteiger partial charge in [-0.2, -0.15) is 0 Å². The molecule has 0 aromatic heterocycles. The molecule has 0 bridgehead atoms. The fraction of sp³-hybridized carbons (Fsp3) is 0.364. The van der Waals surface area contributed by atoms with Crippen LogP contribution in [0.5, 0.6) is 11.5 Å². The molecule has 0 unspecified atom stereocenters. The van der Waals surface area contributed by atoms with Crippen molar-refractivity contribution in [2.24, 2.45) is 0 Å². The summed E-state index contributed by atoms with van der Waals surface area (Å²) in [6.07, 6.45) is 0. The van der Waals surface area contributed by atoms with Crippen LogP contribution < -0.4 is 25.4 Å². The van der Waals surface area contributed by atoms with Crippen molar-refractivity contribution in [1.82, 2.24) is 10.6 Å². The summed E-state index contributed by atoms with van der Waals surface area (Å²) in [5.74, 6) is 0.999. The number of urea groups is 1. The molecule has 0 saturated carbocycles. The van der Waals surface area contributed by atoms with Gasteiger partial charge < -0.3 is 20.1 Å². The molecule has 156 valence electrons. The molecule has 3 amide bonds. The van der Waals surface area contributed by atoms with Crippen LogP contribution in [0.3, 0.4) is 0 Å². The van der Waals surface area contributed by atoms with E-state index in [-0.39, 0.29) is 11.9 Å². The van der Waals surface area contributed by atoms with Gasteiger partial charge in [0.15, 0.2) is 17.5 Å². The van der Waals surface area contributed by atoms with Crippen molar-refractivity contribution in [1.29, 1.82) is 0 Å². The largest absolute Gasteiger partial charge is 0.490 e. The van der Waals surface area contributed by atoms with Gasteiger partial charge in [-0.15, -0.1) is 0 Å². The molecule has 29 heavy (non-hydrogen) atoms. The van der Waals surface area contributed by atoms with Crippen molar-refractivity contribution in [3.8, 4) is 11.5 Å². The van der Waals surface area contributed by atoms with E-state index in [0.29, 0.717) is 24.7 Å². The van der Waals surface area contributed by atoms with E-state index in [2.05, 4.69) is 10.6 Å². The van der Waals surface area contributed by atoms with E-state index in [0.717, 1.165) is 11.1 Å². The molecule has 2 rings (SSSR count).